The van der Waals surface area contributed by atoms with Crippen molar-refractivity contribution in [2.45, 2.75) is 6.92 Å². The summed E-state index contributed by atoms with van der Waals surface area (Å²) in [7, 11) is 0. The Bertz CT molecular complexity index is 571. The predicted molar refractivity (Wildman–Crippen MR) is 79.8 cm³/mol. The molecule has 18 heavy (non-hydrogen) atoms. The Kier molecular flexibility index (Phi) is 4.32. The monoisotopic (exact) mass is 255 g/mol. The van der Waals surface area contributed by atoms with Gasteiger partial charge in [0.25, 0.3) is 0 Å². The van der Waals surface area contributed by atoms with Gasteiger partial charge < -0.3 is 0 Å². The molecular weight excluding hydrogens is 242 g/mol. The normalized spacial score (nSPS) is 11.4. The van der Waals surface area contributed by atoms with Gasteiger partial charge in [-0.25, -0.2) is 0 Å². The van der Waals surface area contributed by atoms with Crippen LogP contribution in [-0.4, -0.2) is 6.21 Å². The Hall–Kier alpha value is -1.86. The van der Waals surface area contributed by atoms with Crippen molar-refractivity contribution in [2.24, 2.45) is 4.99 Å². The van der Waals surface area contributed by atoms with Crippen molar-refractivity contribution in [3.05, 3.63) is 70.8 Å². The van der Waals surface area contributed by atoms with E-state index in [4.69, 9.17) is 11.6 Å². The average molecular weight is 256 g/mol. The van der Waals surface area contributed by atoms with E-state index in [1.165, 1.54) is 0 Å². The highest BCUT2D eigenvalue weighted by Crippen LogP contribution is 2.21. The van der Waals surface area contributed by atoms with Crippen molar-refractivity contribution in [1.29, 1.82) is 0 Å². The summed E-state index contributed by atoms with van der Waals surface area (Å²) in [5.41, 5.74) is 3.09. The van der Waals surface area contributed by atoms with Crippen LogP contribution in [0.1, 0.15) is 11.1 Å². The van der Waals surface area contributed by atoms with Gasteiger partial charge in [0, 0.05) is 11.2 Å². The first kappa shape index (κ1) is 12.6. The van der Waals surface area contributed by atoms with E-state index in [9.17, 15) is 0 Å². The maximum absolute atomic E-state index is 6.03. The van der Waals surface area contributed by atoms with E-state index in [0.717, 1.165) is 21.8 Å². The molecule has 0 saturated heterocycles. The van der Waals surface area contributed by atoms with Gasteiger partial charge >= 0.3 is 0 Å². The van der Waals surface area contributed by atoms with Gasteiger partial charge in [0.15, 0.2) is 0 Å². The van der Waals surface area contributed by atoms with Crippen LogP contribution >= 0.6 is 11.6 Å². The van der Waals surface area contributed by atoms with Gasteiger partial charge in [-0.3, -0.25) is 4.99 Å². The number of hydrogen-bond donors (Lipinski definition) is 0. The summed E-state index contributed by atoms with van der Waals surface area (Å²) in [6.45, 7) is 1.98. The molecule has 0 aliphatic carbocycles. The molecule has 0 fully saturated rings. The number of nitrogens with zero attached hydrogens (tertiary/aromatic N) is 1. The average Bonchev–Trinajstić information content (AvgIpc) is 2.40. The fourth-order valence-electron chi connectivity index (χ4n) is 1.51. The molecule has 0 saturated carbocycles. The second kappa shape index (κ2) is 6.18. The van der Waals surface area contributed by atoms with E-state index < -0.39 is 0 Å². The molecule has 0 spiro atoms. The lowest BCUT2D eigenvalue weighted by atomic mass is 10.2. The molecule has 2 aromatic carbocycles. The van der Waals surface area contributed by atoms with Crippen molar-refractivity contribution in [3.63, 3.8) is 0 Å². The molecule has 0 amide bonds. The molecule has 0 atom stereocenters. The Labute approximate surface area is 112 Å². The molecule has 0 aliphatic heterocycles. The third-order valence-electron chi connectivity index (χ3n) is 2.55. The van der Waals surface area contributed by atoms with E-state index in [0.29, 0.717) is 0 Å². The molecule has 2 aromatic rings. The summed E-state index contributed by atoms with van der Waals surface area (Å²) < 4.78 is 0. The lowest BCUT2D eigenvalue weighted by molar-refractivity contribution is 1.44. The smallest absolute Gasteiger partial charge is 0.0644 e. The molecular formula is C16H14ClN. The number of allylic oxidation sites excluding steroid dienone is 1. The first-order chi connectivity index (χ1) is 8.75. The fraction of sp³-hybridized carbons (Fsp3) is 0.0625. The molecule has 2 heteroatoms. The fourth-order valence-corrected chi connectivity index (χ4v) is 1.68. The molecule has 90 valence electrons. The number of benzene rings is 2. The van der Waals surface area contributed by atoms with Crippen LogP contribution in [0.25, 0.3) is 6.08 Å². The molecule has 0 N–H and O–H groups in total. The molecule has 0 unspecified atom stereocenters. The Morgan fingerprint density at radius 2 is 1.83 bits per heavy atom. The van der Waals surface area contributed by atoms with Crippen molar-refractivity contribution >= 4 is 29.6 Å². The molecule has 0 aliphatic rings. The van der Waals surface area contributed by atoms with Gasteiger partial charge in [0.1, 0.15) is 0 Å². The van der Waals surface area contributed by atoms with Gasteiger partial charge in [0.2, 0.25) is 0 Å². The van der Waals surface area contributed by atoms with Crippen molar-refractivity contribution in [2.75, 3.05) is 0 Å². The SMILES string of the molecule is Cc1ccc(N=CC=Cc2ccccc2)cc1Cl. The summed E-state index contributed by atoms with van der Waals surface area (Å²) in [4.78, 5) is 4.33. The summed E-state index contributed by atoms with van der Waals surface area (Å²) in [6.07, 6.45) is 5.70. The highest BCUT2D eigenvalue weighted by molar-refractivity contribution is 6.31. The molecule has 0 heterocycles. The van der Waals surface area contributed by atoms with E-state index in [1.807, 2.05) is 67.6 Å². The predicted octanol–water partition coefficient (Wildman–Crippen LogP) is 5.06. The van der Waals surface area contributed by atoms with E-state index in [-0.39, 0.29) is 0 Å². The molecule has 0 aromatic heterocycles. The summed E-state index contributed by atoms with van der Waals surface area (Å²) in [6, 6.07) is 15.9. The third-order valence-corrected chi connectivity index (χ3v) is 2.96. The zero-order valence-electron chi connectivity index (χ0n) is 10.2. The van der Waals surface area contributed by atoms with Gasteiger partial charge in [-0.15, -0.1) is 0 Å². The van der Waals surface area contributed by atoms with Crippen LogP contribution in [0.4, 0.5) is 5.69 Å². The minimum Gasteiger partial charge on any atom is -0.257 e. The van der Waals surface area contributed by atoms with Crippen LogP contribution in [0, 0.1) is 6.92 Å². The zero-order valence-corrected chi connectivity index (χ0v) is 10.9. The minimum atomic E-state index is 0.747. The maximum atomic E-state index is 6.03. The standard InChI is InChI=1S/C16H14ClN/c1-13-9-10-15(12-16(13)17)18-11-5-8-14-6-3-2-4-7-14/h2-12H,1H3. The minimum absolute atomic E-state index is 0.747. The second-order valence-corrected chi connectivity index (χ2v) is 4.39. The van der Waals surface area contributed by atoms with Crippen LogP contribution in [0.15, 0.2) is 59.6 Å². The Morgan fingerprint density at radius 1 is 1.06 bits per heavy atom. The number of aryl methyl sites for hydroxylation is 1. The second-order valence-electron chi connectivity index (χ2n) is 3.98. The molecule has 0 radical (unpaired) electrons. The van der Waals surface area contributed by atoms with Gasteiger partial charge in [-0.1, -0.05) is 54.1 Å². The highest BCUT2D eigenvalue weighted by Gasteiger charge is 1.94. The zero-order chi connectivity index (χ0) is 12.8. The molecule has 2 rings (SSSR count). The van der Waals surface area contributed by atoms with Crippen LogP contribution < -0.4 is 0 Å². The van der Waals surface area contributed by atoms with E-state index in [2.05, 4.69) is 4.99 Å². The summed E-state index contributed by atoms with van der Waals surface area (Å²) >= 11 is 6.03. The first-order valence-corrected chi connectivity index (χ1v) is 6.15. The Balaban J connectivity index is 2.03. The van der Waals surface area contributed by atoms with Crippen molar-refractivity contribution < 1.29 is 0 Å². The number of rotatable bonds is 3. The highest BCUT2D eigenvalue weighted by atomic mass is 35.5. The van der Waals surface area contributed by atoms with Crippen molar-refractivity contribution in [3.8, 4) is 0 Å². The van der Waals surface area contributed by atoms with Crippen LogP contribution in [0.5, 0.6) is 0 Å². The van der Waals surface area contributed by atoms with Crippen LogP contribution in [-0.2, 0) is 0 Å². The lowest BCUT2D eigenvalue weighted by Gasteiger charge is -1.97. The Morgan fingerprint density at radius 3 is 2.56 bits per heavy atom. The maximum Gasteiger partial charge on any atom is 0.0644 e. The number of aliphatic imine (C=N–C) groups is 1. The number of hydrogen-bond acceptors (Lipinski definition) is 1. The van der Waals surface area contributed by atoms with Crippen molar-refractivity contribution in [1.82, 2.24) is 0 Å². The summed E-state index contributed by atoms with van der Waals surface area (Å²) in [5, 5.41) is 0.747. The largest absolute Gasteiger partial charge is 0.257 e. The lowest BCUT2D eigenvalue weighted by Crippen LogP contribution is -1.74. The van der Waals surface area contributed by atoms with Crippen LogP contribution in [0.2, 0.25) is 5.02 Å². The number of halogens is 1. The molecule has 1 nitrogen and oxygen atoms in total. The van der Waals surface area contributed by atoms with Gasteiger partial charge in [-0.05, 0) is 36.3 Å². The van der Waals surface area contributed by atoms with E-state index >= 15 is 0 Å². The van der Waals surface area contributed by atoms with Gasteiger partial charge in [0.05, 0.1) is 5.69 Å². The molecule has 0 bridgehead atoms. The first-order valence-electron chi connectivity index (χ1n) is 5.77. The summed E-state index contributed by atoms with van der Waals surface area (Å²) in [5.74, 6) is 0. The van der Waals surface area contributed by atoms with Gasteiger partial charge in [-0.2, -0.15) is 0 Å². The van der Waals surface area contributed by atoms with Crippen LogP contribution in [0.3, 0.4) is 0 Å². The topological polar surface area (TPSA) is 12.4 Å². The quantitative estimate of drug-likeness (QED) is 0.680. The third kappa shape index (κ3) is 3.57. The van der Waals surface area contributed by atoms with E-state index in [1.54, 1.807) is 6.21 Å².